The summed E-state index contributed by atoms with van der Waals surface area (Å²) in [4.78, 5) is 30.4. The maximum absolute atomic E-state index is 6.77. The monoisotopic (exact) mass is 1570 g/mol. The summed E-state index contributed by atoms with van der Waals surface area (Å²) in [6.07, 6.45) is 0. The third-order valence-corrected chi connectivity index (χ3v) is 30.2. The minimum Gasteiger partial charge on any atom is -0.450 e. The quantitative estimate of drug-likeness (QED) is 0.124. The van der Waals surface area contributed by atoms with Gasteiger partial charge in [-0.1, -0.05) is 235 Å². The number of fused-ring (bicyclic) bond motifs is 30. The van der Waals surface area contributed by atoms with Crippen molar-refractivity contribution in [2.45, 2.75) is 78.1 Å². The van der Waals surface area contributed by atoms with Crippen LogP contribution in [0, 0.1) is 0 Å². The van der Waals surface area contributed by atoms with Crippen LogP contribution in [0.1, 0.15) is 27.7 Å². The van der Waals surface area contributed by atoms with Crippen molar-refractivity contribution in [1.29, 1.82) is 0 Å². The van der Waals surface area contributed by atoms with Crippen molar-refractivity contribution in [2.24, 2.45) is 0 Å². The summed E-state index contributed by atoms with van der Waals surface area (Å²) in [6.45, 7) is 8.39. The van der Waals surface area contributed by atoms with Crippen LogP contribution < -0.4 is 5.46 Å². The van der Waals surface area contributed by atoms with E-state index in [-0.39, 0.29) is 23.6 Å². The normalized spacial score (nSPS) is 14.4. The van der Waals surface area contributed by atoms with Crippen molar-refractivity contribution in [3.8, 4) is 23.0 Å². The highest BCUT2D eigenvalue weighted by molar-refractivity contribution is 8.05. The zero-order valence-corrected chi connectivity index (χ0v) is 65.9. The molecule has 11 heterocycles. The second-order valence-electron chi connectivity index (χ2n) is 29.3. The minimum absolute atomic E-state index is 0.192. The highest BCUT2D eigenvalue weighted by Gasteiger charge is 2.52. The molecule has 0 amide bonds. The van der Waals surface area contributed by atoms with Crippen LogP contribution >= 0.6 is 81.3 Å². The van der Waals surface area contributed by atoms with E-state index in [0.29, 0.717) is 28.3 Å². The summed E-state index contributed by atoms with van der Waals surface area (Å²) in [7, 11) is -0.312. The molecule has 1 fully saturated rings. The van der Waals surface area contributed by atoms with Crippen LogP contribution in [0.4, 0.5) is 0 Å². The van der Waals surface area contributed by atoms with E-state index in [1.54, 1.807) is 11.8 Å². The first-order valence-electron chi connectivity index (χ1n) is 37.0. The Morgan fingerprint density at radius 1 is 0.339 bits per heavy atom. The number of rotatable bonds is 4. The van der Waals surface area contributed by atoms with Crippen LogP contribution in [-0.2, 0) is 9.31 Å². The smallest absolute Gasteiger partial charge is 0.450 e. The van der Waals surface area contributed by atoms with E-state index in [0.717, 1.165) is 71.8 Å². The average molecular weight is 1570 g/mol. The van der Waals surface area contributed by atoms with E-state index in [2.05, 4.69) is 284 Å². The van der Waals surface area contributed by atoms with E-state index in [9.17, 15) is 0 Å². The molecule has 8 aromatic heterocycles. The number of halogens is 1. The lowest BCUT2D eigenvalue weighted by Gasteiger charge is -2.32. The third-order valence-electron chi connectivity index (χ3n) is 22.4. The van der Waals surface area contributed by atoms with Crippen LogP contribution in [0.2, 0.25) is 5.28 Å². The van der Waals surface area contributed by atoms with Crippen LogP contribution in [0.25, 0.3) is 173 Å². The second-order valence-corrected chi connectivity index (χ2v) is 36.0. The SMILES string of the molecule is CC1(C)OB(c2cccc3c2Sc2ccccc2S3)OC1(C)C.Clc1nc(-n2c3ccccc3c3c4ccccc4c4sc5ccccc5c4c32)c2oc3ccccc3c2n1.c1ccc2c(c1)Sc1cccc(-c3nc(-n4c5ccccc5c5c6ccccc6c6sc7ccccc7c6c54)c4oc5ccccc5c4n3)c1S2. The lowest BCUT2D eigenvalue weighted by atomic mass is 9.79. The van der Waals surface area contributed by atoms with Crippen LogP contribution in [0.15, 0.2) is 327 Å². The highest BCUT2D eigenvalue weighted by atomic mass is 35.5. The van der Waals surface area contributed by atoms with Gasteiger partial charge in [0.15, 0.2) is 28.6 Å². The highest BCUT2D eigenvalue weighted by Crippen LogP contribution is 2.55. The van der Waals surface area contributed by atoms with Gasteiger partial charge in [0.1, 0.15) is 22.2 Å². The van der Waals surface area contributed by atoms with Crippen LogP contribution in [0.3, 0.4) is 0 Å². The molecule has 0 saturated carbocycles. The molecule has 0 unspecified atom stereocenters. The molecule has 112 heavy (non-hydrogen) atoms. The molecule has 534 valence electrons. The van der Waals surface area contributed by atoms with Crippen molar-refractivity contribution >= 4 is 244 Å². The fourth-order valence-corrected chi connectivity index (χ4v) is 24.1. The van der Waals surface area contributed by atoms with E-state index >= 15 is 0 Å². The van der Waals surface area contributed by atoms with E-state index < -0.39 is 0 Å². The minimum atomic E-state index is -0.315. The summed E-state index contributed by atoms with van der Waals surface area (Å²) in [5.74, 6) is 2.08. The molecular weight excluding hydrogens is 1520 g/mol. The van der Waals surface area contributed by atoms with Gasteiger partial charge in [0.05, 0.1) is 33.3 Å². The van der Waals surface area contributed by atoms with Gasteiger partial charge in [0, 0.05) is 128 Å². The number of aromatic nitrogens is 6. The molecule has 0 N–H and O–H groups in total. The van der Waals surface area contributed by atoms with E-state index in [1.165, 1.54) is 117 Å². The van der Waals surface area contributed by atoms with Gasteiger partial charge in [-0.3, -0.25) is 9.13 Å². The molecule has 10 nitrogen and oxygen atoms in total. The second kappa shape index (κ2) is 25.6. The molecule has 22 aromatic rings. The molecule has 0 bridgehead atoms. The molecule has 0 aliphatic carbocycles. The predicted molar refractivity (Wildman–Crippen MR) is 470 cm³/mol. The van der Waals surface area contributed by atoms with Gasteiger partial charge < -0.3 is 18.1 Å². The Morgan fingerprint density at radius 2 is 0.732 bits per heavy atom. The zero-order valence-electron chi connectivity index (χ0n) is 60.3. The van der Waals surface area contributed by atoms with E-state index in [4.69, 9.17) is 44.7 Å². The summed E-state index contributed by atoms with van der Waals surface area (Å²) in [5, 5.41) is 16.8. The van der Waals surface area contributed by atoms with Gasteiger partial charge >= 0.3 is 7.12 Å². The van der Waals surface area contributed by atoms with Crippen molar-refractivity contribution < 1.29 is 18.1 Å². The van der Waals surface area contributed by atoms with Gasteiger partial charge in [-0.25, -0.2) is 15.0 Å². The Bertz CT molecular complexity index is 7800. The fourth-order valence-electron chi connectivity index (χ4n) is 16.7. The number of benzene rings is 14. The molecule has 0 radical (unpaired) electrons. The maximum Gasteiger partial charge on any atom is 0.496 e. The Balaban J connectivity index is 0.000000108. The average Bonchev–Trinajstić information content (AvgIpc) is 1.54. The first-order valence-corrected chi connectivity index (χ1v) is 42.3. The Labute approximate surface area is 670 Å². The Hall–Kier alpha value is -10.9. The Kier molecular flexibility index (Phi) is 15.2. The summed E-state index contributed by atoms with van der Waals surface area (Å²) in [6, 6.07) is 98.4. The standard InChI is InChI=1S/C44H23N3OS3.C32H16ClN3OS.C18H19BO2S2/c1-2-13-25-24(12-1)36-26-14-3-6-18-30(26)47(39(36)37-28-16-5-8-20-32(28)50-42(25)37)44-40-38(27-15-4-7-19-31(27)48-40)45-43(46-44)29-17-11-23-35-41(29)51-34-22-10-9-21-33(34)49-35;33-32-34-27-20-12-4-7-15-23(20)37-29(27)31(35-32)36-22-14-6-3-11-19(22)25-17-9-1-2-10-18(17)30-26(28(25)36)21-13-5-8-16-24(21)38-30;1-17(2)18(3,4)21-19(20-17)12-8-7-11-15-16(12)23-14-10-6-5-9-13(14)22-15/h1-23H;1-16H;5-11H,1-4H3. The predicted octanol–water partition coefficient (Wildman–Crippen LogP) is 27.5. The molecule has 0 spiro atoms. The lowest BCUT2D eigenvalue weighted by Crippen LogP contribution is -2.41. The van der Waals surface area contributed by atoms with E-state index in [1.807, 2.05) is 94.4 Å². The zero-order chi connectivity index (χ0) is 74.4. The van der Waals surface area contributed by atoms with Crippen molar-refractivity contribution in [1.82, 2.24) is 29.1 Å². The van der Waals surface area contributed by atoms with Crippen molar-refractivity contribution in [3.05, 3.63) is 284 Å². The van der Waals surface area contributed by atoms with Crippen molar-refractivity contribution in [3.63, 3.8) is 0 Å². The molecule has 3 aliphatic heterocycles. The van der Waals surface area contributed by atoms with Gasteiger partial charge in [0.2, 0.25) is 5.28 Å². The number of hydrogen-bond donors (Lipinski definition) is 0. The molecule has 1 saturated heterocycles. The summed E-state index contributed by atoms with van der Waals surface area (Å²) >= 11 is 17.6. The fraction of sp³-hybridized carbons (Fsp3) is 0.0638. The number of nitrogens with zero attached hydrogens (tertiary/aromatic N) is 6. The van der Waals surface area contributed by atoms with Crippen LogP contribution in [0.5, 0.6) is 0 Å². The lowest BCUT2D eigenvalue weighted by molar-refractivity contribution is 0.00578. The number of furan rings is 2. The summed E-state index contributed by atoms with van der Waals surface area (Å²) < 4.78 is 35.4. The van der Waals surface area contributed by atoms with Gasteiger partial charge in [-0.2, -0.15) is 4.98 Å². The number of hydrogen-bond acceptors (Lipinski definition) is 14. The summed E-state index contributed by atoms with van der Waals surface area (Å²) in [5.41, 5.74) is 10.3. The van der Waals surface area contributed by atoms with Crippen molar-refractivity contribution in [2.75, 3.05) is 0 Å². The molecule has 3 aliphatic rings. The molecule has 25 rings (SSSR count). The Morgan fingerprint density at radius 3 is 1.26 bits per heavy atom. The molecule has 0 atom stereocenters. The maximum atomic E-state index is 6.77. The topological polar surface area (TPSA) is 106 Å². The molecule has 14 aromatic carbocycles. The number of thiophene rings is 2. The van der Waals surface area contributed by atoms with Gasteiger partial charge in [-0.05, 0) is 147 Å². The first kappa shape index (κ1) is 66.8. The van der Waals surface area contributed by atoms with Gasteiger partial charge in [0.25, 0.3) is 0 Å². The largest absolute Gasteiger partial charge is 0.496 e. The first-order chi connectivity index (χ1) is 54.9. The molecular formula is C94H58BClN6O4S6. The molecule has 18 heteroatoms. The third kappa shape index (κ3) is 10.2. The van der Waals surface area contributed by atoms with Crippen LogP contribution in [-0.4, -0.2) is 47.4 Å². The van der Waals surface area contributed by atoms with Gasteiger partial charge in [-0.15, -0.1) is 22.7 Å². The number of para-hydroxylation sites is 4.